The predicted molar refractivity (Wildman–Crippen MR) is 70.0 cm³/mol. The maximum Gasteiger partial charge on any atom is 0.354 e. The number of hydrogen-bond acceptors (Lipinski definition) is 4. The van der Waals surface area contributed by atoms with Crippen LogP contribution in [0.25, 0.3) is 0 Å². The van der Waals surface area contributed by atoms with Crippen LogP contribution in [-0.4, -0.2) is 28.2 Å². The van der Waals surface area contributed by atoms with Gasteiger partial charge in [0.1, 0.15) is 5.60 Å². The summed E-state index contributed by atoms with van der Waals surface area (Å²) < 4.78 is 5.71. The van der Waals surface area contributed by atoms with Gasteiger partial charge in [-0.05, 0) is 38.2 Å². The normalized spacial score (nSPS) is 27.2. The number of aromatic carboxylic acids is 1. The molecule has 0 saturated heterocycles. The van der Waals surface area contributed by atoms with Crippen LogP contribution in [0.5, 0.6) is 0 Å². The summed E-state index contributed by atoms with van der Waals surface area (Å²) in [6.45, 7) is 3.97. The van der Waals surface area contributed by atoms with Crippen molar-refractivity contribution < 1.29 is 14.6 Å². The summed E-state index contributed by atoms with van der Waals surface area (Å²) in [6.07, 6.45) is 3.90. The largest absolute Gasteiger partial charge is 0.477 e. The summed E-state index contributed by atoms with van der Waals surface area (Å²) in [5.74, 6) is 0.0203. The molecule has 1 aliphatic rings. The van der Waals surface area contributed by atoms with Crippen molar-refractivity contribution in [2.45, 2.75) is 45.1 Å². The minimum atomic E-state index is -1.03. The Morgan fingerprint density at radius 3 is 2.84 bits per heavy atom. The molecule has 1 fully saturated rings. The molecule has 0 spiro atoms. The van der Waals surface area contributed by atoms with Gasteiger partial charge in [0.15, 0.2) is 11.5 Å². The molecule has 0 bridgehead atoms. The van der Waals surface area contributed by atoms with Crippen molar-refractivity contribution in [3.05, 3.63) is 23.3 Å². The number of carbonyl (C=O) groups is 1. The molecule has 104 valence electrons. The first-order chi connectivity index (χ1) is 8.97. The Labute approximate surface area is 113 Å². The molecule has 2 unspecified atom stereocenters. The molecule has 1 aromatic heterocycles. The van der Waals surface area contributed by atoms with E-state index in [0.29, 0.717) is 17.4 Å². The summed E-state index contributed by atoms with van der Waals surface area (Å²) in [5.41, 5.74) is 0.169. The number of carboxylic acids is 1. The van der Waals surface area contributed by atoms with Gasteiger partial charge in [-0.3, -0.25) is 0 Å². The number of methoxy groups -OCH3 is 1. The van der Waals surface area contributed by atoms with Gasteiger partial charge < -0.3 is 9.84 Å². The molecule has 1 heterocycles. The van der Waals surface area contributed by atoms with E-state index >= 15 is 0 Å². The predicted octanol–water partition coefficient (Wildman–Crippen LogP) is 2.54. The average molecular weight is 264 g/mol. The molecule has 19 heavy (non-hydrogen) atoms. The first-order valence-electron chi connectivity index (χ1n) is 6.61. The lowest BCUT2D eigenvalue weighted by molar-refractivity contribution is -0.0648. The highest BCUT2D eigenvalue weighted by Crippen LogP contribution is 2.41. The Hall–Kier alpha value is -1.49. The van der Waals surface area contributed by atoms with E-state index in [1.165, 1.54) is 12.5 Å². The molecular weight excluding hydrogens is 244 g/mol. The van der Waals surface area contributed by atoms with Gasteiger partial charge in [0.05, 0.1) is 0 Å². The smallest absolute Gasteiger partial charge is 0.354 e. The Kier molecular flexibility index (Phi) is 3.85. The number of carboxylic acid groups (broad SMARTS) is 1. The summed E-state index contributed by atoms with van der Waals surface area (Å²) in [6, 6.07) is 1.49. The summed E-state index contributed by atoms with van der Waals surface area (Å²) in [7, 11) is 1.66. The monoisotopic (exact) mass is 264 g/mol. The summed E-state index contributed by atoms with van der Waals surface area (Å²) >= 11 is 0. The molecule has 0 aromatic carbocycles. The van der Waals surface area contributed by atoms with Crippen molar-refractivity contribution in [2.24, 2.45) is 5.92 Å². The van der Waals surface area contributed by atoms with Gasteiger partial charge in [0, 0.05) is 12.8 Å². The van der Waals surface area contributed by atoms with E-state index in [4.69, 9.17) is 9.84 Å². The van der Waals surface area contributed by atoms with Gasteiger partial charge >= 0.3 is 5.97 Å². The zero-order valence-corrected chi connectivity index (χ0v) is 11.6. The summed E-state index contributed by atoms with van der Waals surface area (Å²) in [4.78, 5) is 19.7. The number of rotatable bonds is 3. The third-order valence-electron chi connectivity index (χ3n) is 3.83. The zero-order chi connectivity index (χ0) is 14.0. The Balaban J connectivity index is 2.45. The van der Waals surface area contributed by atoms with E-state index in [0.717, 1.165) is 19.3 Å². The lowest BCUT2D eigenvalue weighted by atomic mass is 9.78. The molecule has 0 aliphatic heterocycles. The maximum absolute atomic E-state index is 11.1. The number of aryl methyl sites for hydroxylation is 1. The lowest BCUT2D eigenvalue weighted by Gasteiger charge is -2.37. The van der Waals surface area contributed by atoms with E-state index in [1.54, 1.807) is 14.0 Å². The van der Waals surface area contributed by atoms with Crippen LogP contribution in [0.3, 0.4) is 0 Å². The minimum Gasteiger partial charge on any atom is -0.477 e. The highest BCUT2D eigenvalue weighted by Gasteiger charge is 2.39. The van der Waals surface area contributed by atoms with Crippen LogP contribution in [0, 0.1) is 12.8 Å². The minimum absolute atomic E-state index is 0.0390. The molecule has 2 atom stereocenters. The van der Waals surface area contributed by atoms with E-state index < -0.39 is 11.6 Å². The highest BCUT2D eigenvalue weighted by molar-refractivity contribution is 5.85. The van der Waals surface area contributed by atoms with Crippen molar-refractivity contribution in [3.63, 3.8) is 0 Å². The van der Waals surface area contributed by atoms with Gasteiger partial charge in [0.25, 0.3) is 0 Å². The third kappa shape index (κ3) is 2.76. The average Bonchev–Trinajstić information content (AvgIpc) is 2.37. The van der Waals surface area contributed by atoms with Crippen molar-refractivity contribution in [1.29, 1.82) is 0 Å². The highest BCUT2D eigenvalue weighted by atomic mass is 16.5. The van der Waals surface area contributed by atoms with Crippen molar-refractivity contribution in [3.8, 4) is 0 Å². The molecule has 2 rings (SSSR count). The van der Waals surface area contributed by atoms with Gasteiger partial charge in [-0.2, -0.15) is 0 Å². The van der Waals surface area contributed by atoms with Crippen LogP contribution in [0.15, 0.2) is 6.07 Å². The second-order valence-electron chi connectivity index (χ2n) is 5.42. The van der Waals surface area contributed by atoms with Gasteiger partial charge in [0.2, 0.25) is 0 Å². The Bertz CT molecular complexity index is 490. The molecule has 1 saturated carbocycles. The van der Waals surface area contributed by atoms with Crippen molar-refractivity contribution >= 4 is 5.97 Å². The zero-order valence-electron chi connectivity index (χ0n) is 11.6. The summed E-state index contributed by atoms with van der Waals surface area (Å²) in [5, 5.41) is 9.11. The standard InChI is InChI=1S/C14H20N2O3/c1-9-5-4-6-14(8-9,19-3)13-15-10(2)7-11(16-13)12(17)18/h7,9H,4-6,8H2,1-3H3,(H,17,18). The number of nitrogens with zero attached hydrogens (tertiary/aromatic N) is 2. The van der Waals surface area contributed by atoms with E-state index in [9.17, 15) is 4.79 Å². The van der Waals surface area contributed by atoms with Crippen LogP contribution < -0.4 is 0 Å². The van der Waals surface area contributed by atoms with Crippen LogP contribution in [0.2, 0.25) is 0 Å². The van der Waals surface area contributed by atoms with Crippen LogP contribution >= 0.6 is 0 Å². The van der Waals surface area contributed by atoms with Crippen molar-refractivity contribution in [1.82, 2.24) is 9.97 Å². The fourth-order valence-corrected chi connectivity index (χ4v) is 2.86. The third-order valence-corrected chi connectivity index (χ3v) is 3.83. The molecule has 0 radical (unpaired) electrons. The number of aromatic nitrogens is 2. The van der Waals surface area contributed by atoms with E-state index in [-0.39, 0.29) is 5.69 Å². The first kappa shape index (κ1) is 13.9. The van der Waals surface area contributed by atoms with Gasteiger partial charge in [-0.15, -0.1) is 0 Å². The van der Waals surface area contributed by atoms with Crippen LogP contribution in [0.1, 0.15) is 54.6 Å². The van der Waals surface area contributed by atoms with E-state index in [1.807, 2.05) is 0 Å². The number of ether oxygens (including phenoxy) is 1. The molecule has 5 heteroatoms. The molecule has 5 nitrogen and oxygen atoms in total. The van der Waals surface area contributed by atoms with Gasteiger partial charge in [-0.25, -0.2) is 14.8 Å². The molecule has 0 amide bonds. The molecular formula is C14H20N2O3. The quantitative estimate of drug-likeness (QED) is 0.908. The lowest BCUT2D eigenvalue weighted by Crippen LogP contribution is -2.36. The first-order valence-corrected chi connectivity index (χ1v) is 6.61. The Morgan fingerprint density at radius 1 is 1.53 bits per heavy atom. The second kappa shape index (κ2) is 5.25. The topological polar surface area (TPSA) is 72.3 Å². The fourth-order valence-electron chi connectivity index (χ4n) is 2.86. The van der Waals surface area contributed by atoms with Gasteiger partial charge in [-0.1, -0.05) is 13.3 Å². The molecule has 1 N–H and O–H groups in total. The van der Waals surface area contributed by atoms with Crippen LogP contribution in [-0.2, 0) is 10.3 Å². The SMILES string of the molecule is COC1(c2nc(C)cc(C(=O)O)n2)CCCC(C)C1. The second-order valence-corrected chi connectivity index (χ2v) is 5.42. The Morgan fingerprint density at radius 2 is 2.26 bits per heavy atom. The van der Waals surface area contributed by atoms with Crippen LogP contribution in [0.4, 0.5) is 0 Å². The number of hydrogen-bond donors (Lipinski definition) is 1. The molecule has 1 aliphatic carbocycles. The fraction of sp³-hybridized carbons (Fsp3) is 0.643. The van der Waals surface area contributed by atoms with Crippen molar-refractivity contribution in [2.75, 3.05) is 7.11 Å². The maximum atomic E-state index is 11.1. The molecule has 1 aromatic rings. The van der Waals surface area contributed by atoms with E-state index in [2.05, 4.69) is 16.9 Å².